The third kappa shape index (κ3) is 2.93. The van der Waals surface area contributed by atoms with Crippen LogP contribution in [0.4, 0.5) is 0 Å². The highest BCUT2D eigenvalue weighted by Crippen LogP contribution is 2.65. The Balaban J connectivity index is 1.29. The Morgan fingerprint density at radius 1 is 1.13 bits per heavy atom. The average Bonchev–Trinajstić information content (AvgIpc) is 3.63. The van der Waals surface area contributed by atoms with Crippen LogP contribution in [0.3, 0.4) is 0 Å². The molecule has 5 aromatic rings. The highest BCUT2D eigenvalue weighted by atomic mass is 16.5. The molecule has 2 aromatic carbocycles. The molecule has 2 N–H and O–H groups in total. The van der Waals surface area contributed by atoms with Crippen molar-refractivity contribution in [2.45, 2.75) is 44.3 Å². The summed E-state index contributed by atoms with van der Waals surface area (Å²) in [4.78, 5) is 8.48. The van der Waals surface area contributed by atoms with Crippen LogP contribution < -0.4 is 4.74 Å². The van der Waals surface area contributed by atoms with Crippen molar-refractivity contribution in [1.82, 2.24) is 24.1 Å². The lowest BCUT2D eigenvalue weighted by atomic mass is 9.78. The van der Waals surface area contributed by atoms with Crippen LogP contribution in [-0.4, -0.2) is 41.0 Å². The summed E-state index contributed by atoms with van der Waals surface area (Å²) in [6.07, 6.45) is 3.20. The molecule has 0 amide bonds. The predicted molar refractivity (Wildman–Crippen MR) is 136 cm³/mol. The smallest absolute Gasteiger partial charge is 0.255 e. The van der Waals surface area contributed by atoms with E-state index in [0.717, 1.165) is 16.5 Å². The van der Waals surface area contributed by atoms with E-state index in [4.69, 9.17) is 9.47 Å². The fourth-order valence-corrected chi connectivity index (χ4v) is 6.22. The van der Waals surface area contributed by atoms with E-state index in [1.54, 1.807) is 12.1 Å². The molecule has 1 fully saturated rings. The van der Waals surface area contributed by atoms with E-state index >= 15 is 0 Å². The third-order valence-corrected chi connectivity index (χ3v) is 7.89. The monoisotopic (exact) mass is 508 g/mol. The third-order valence-electron chi connectivity index (χ3n) is 7.89. The lowest BCUT2D eigenvalue weighted by Crippen LogP contribution is -2.26. The van der Waals surface area contributed by atoms with E-state index in [9.17, 15) is 15.5 Å². The number of fused-ring (bicyclic) bond motifs is 7. The molecule has 2 atom stereocenters. The van der Waals surface area contributed by atoms with Crippen molar-refractivity contribution in [2.24, 2.45) is 0 Å². The molecule has 0 saturated carbocycles. The number of rotatable bonds is 5. The van der Waals surface area contributed by atoms with Gasteiger partial charge in [-0.15, -0.1) is 0 Å². The number of ether oxygens (including phenoxy) is 2. The van der Waals surface area contributed by atoms with Crippen molar-refractivity contribution in [3.63, 3.8) is 0 Å². The van der Waals surface area contributed by atoms with E-state index in [-0.39, 0.29) is 18.4 Å². The van der Waals surface area contributed by atoms with Crippen molar-refractivity contribution in [2.75, 3.05) is 6.61 Å². The first-order valence-electron chi connectivity index (χ1n) is 12.5. The van der Waals surface area contributed by atoms with Crippen molar-refractivity contribution in [3.05, 3.63) is 71.2 Å². The number of hydrogen-bond acceptors (Lipinski definition) is 8. The van der Waals surface area contributed by atoms with Gasteiger partial charge in [0.05, 0.1) is 34.6 Å². The lowest BCUT2D eigenvalue weighted by molar-refractivity contribution is -0.0878. The van der Waals surface area contributed by atoms with Crippen LogP contribution in [0.1, 0.15) is 48.6 Å². The lowest BCUT2D eigenvalue weighted by Gasteiger charge is -2.26. The second-order valence-corrected chi connectivity index (χ2v) is 10.2. The van der Waals surface area contributed by atoms with Crippen LogP contribution in [-0.2, 0) is 15.9 Å². The van der Waals surface area contributed by atoms with Gasteiger partial charge in [0.15, 0.2) is 0 Å². The number of hydrogen-bond donors (Lipinski definition) is 2. The molecule has 190 valence electrons. The number of nitrogens with zero attached hydrogens (tertiary/aromatic N) is 6. The van der Waals surface area contributed by atoms with Crippen LogP contribution in [0.15, 0.2) is 48.8 Å². The van der Waals surface area contributed by atoms with Gasteiger partial charge in [-0.3, -0.25) is 0 Å². The minimum absolute atomic E-state index is 0.108. The molecule has 0 radical (unpaired) electrons. The van der Waals surface area contributed by atoms with E-state index in [0.29, 0.717) is 53.3 Å². The molecule has 10 nitrogen and oxygen atoms in total. The Bertz CT molecular complexity index is 1820. The standard InChI is InChI=1S/C28H24N6O4/c1-16-13-21(34-26(32-16)30-15-31-34)37-12-11-28-10-9-27(2,38-28)22-23(28)25(36)33(24(22)35)20-8-7-17-5-3-4-6-18(17)19(20)14-29/h3-8,13,15,35-36H,9-12H2,1-2H3. The van der Waals surface area contributed by atoms with E-state index < -0.39 is 11.2 Å². The maximum atomic E-state index is 11.6. The van der Waals surface area contributed by atoms with Crippen LogP contribution in [0.5, 0.6) is 17.6 Å². The Morgan fingerprint density at radius 2 is 1.95 bits per heavy atom. The maximum Gasteiger partial charge on any atom is 0.255 e. The van der Waals surface area contributed by atoms with Gasteiger partial charge in [0.2, 0.25) is 17.6 Å². The van der Waals surface area contributed by atoms with E-state index in [1.165, 1.54) is 15.4 Å². The molecule has 2 unspecified atom stereocenters. The SMILES string of the molecule is Cc1cc(OCCC23CCC(C)(O2)c2c3c(O)n(-c3ccc4ccccc4c3C#N)c2O)n2ncnc2n1. The van der Waals surface area contributed by atoms with Crippen LogP contribution in [0.2, 0.25) is 0 Å². The first-order valence-corrected chi connectivity index (χ1v) is 12.5. The second kappa shape index (κ2) is 7.69. The van der Waals surface area contributed by atoms with Gasteiger partial charge in [0, 0.05) is 23.6 Å². The fourth-order valence-electron chi connectivity index (χ4n) is 6.22. The highest BCUT2D eigenvalue weighted by molar-refractivity contribution is 5.91. The minimum atomic E-state index is -0.843. The summed E-state index contributed by atoms with van der Waals surface area (Å²) in [6.45, 7) is 4.07. The molecule has 1 saturated heterocycles. The number of aromatic nitrogens is 5. The molecule has 10 heteroatoms. The number of nitriles is 1. The zero-order valence-corrected chi connectivity index (χ0v) is 20.8. The highest BCUT2D eigenvalue weighted by Gasteiger charge is 2.61. The van der Waals surface area contributed by atoms with Crippen molar-refractivity contribution >= 4 is 16.6 Å². The largest absolute Gasteiger partial charge is 0.494 e. The van der Waals surface area contributed by atoms with Gasteiger partial charge in [-0.05, 0) is 38.1 Å². The molecular formula is C28H24N6O4. The summed E-state index contributed by atoms with van der Waals surface area (Å²) in [5.41, 5.74) is 1.07. The predicted octanol–water partition coefficient (Wildman–Crippen LogP) is 4.36. The van der Waals surface area contributed by atoms with Crippen LogP contribution in [0, 0.1) is 18.3 Å². The van der Waals surface area contributed by atoms with E-state index in [2.05, 4.69) is 21.1 Å². The maximum absolute atomic E-state index is 11.6. The Morgan fingerprint density at radius 3 is 2.79 bits per heavy atom. The Hall–Kier alpha value is -4.62. The molecule has 2 bridgehead atoms. The first-order chi connectivity index (χ1) is 18.3. The topological polar surface area (TPSA) is 131 Å². The quantitative estimate of drug-likeness (QED) is 0.358. The second-order valence-electron chi connectivity index (χ2n) is 10.2. The van der Waals surface area contributed by atoms with Crippen molar-refractivity contribution < 1.29 is 19.7 Å². The summed E-state index contributed by atoms with van der Waals surface area (Å²) in [5, 5.41) is 38.9. The fraction of sp³-hybridized carbons (Fsp3) is 0.286. The molecule has 38 heavy (non-hydrogen) atoms. The molecule has 2 aliphatic rings. The summed E-state index contributed by atoms with van der Waals surface area (Å²) in [5.74, 6) is 0.740. The normalized spacial score (nSPS) is 21.7. The average molecular weight is 509 g/mol. The van der Waals surface area contributed by atoms with Crippen molar-refractivity contribution in [1.29, 1.82) is 5.26 Å². The first kappa shape index (κ1) is 22.6. The van der Waals surface area contributed by atoms with Gasteiger partial charge in [-0.2, -0.15) is 19.9 Å². The number of benzene rings is 2. The van der Waals surface area contributed by atoms with Crippen LogP contribution >= 0.6 is 0 Å². The van der Waals surface area contributed by atoms with Gasteiger partial charge in [-0.1, -0.05) is 30.3 Å². The number of aryl methyl sites for hydroxylation is 1. The minimum Gasteiger partial charge on any atom is -0.494 e. The summed E-state index contributed by atoms with van der Waals surface area (Å²) >= 11 is 0. The van der Waals surface area contributed by atoms with E-state index in [1.807, 2.05) is 44.2 Å². The molecule has 5 heterocycles. The summed E-state index contributed by atoms with van der Waals surface area (Å²) in [7, 11) is 0. The zero-order chi connectivity index (χ0) is 26.2. The molecule has 0 spiro atoms. The van der Waals surface area contributed by atoms with Gasteiger partial charge >= 0.3 is 0 Å². The molecule has 0 aliphatic carbocycles. The Labute approximate surface area is 217 Å². The van der Waals surface area contributed by atoms with Crippen molar-refractivity contribution in [3.8, 4) is 29.4 Å². The molecule has 7 rings (SSSR count). The van der Waals surface area contributed by atoms with Gasteiger partial charge < -0.3 is 19.7 Å². The molecule has 2 aliphatic heterocycles. The van der Waals surface area contributed by atoms with Gasteiger partial charge in [0.25, 0.3) is 5.78 Å². The van der Waals surface area contributed by atoms with Crippen LogP contribution in [0.25, 0.3) is 22.2 Å². The van der Waals surface area contributed by atoms with Gasteiger partial charge in [0.1, 0.15) is 18.0 Å². The summed E-state index contributed by atoms with van der Waals surface area (Å²) < 4.78 is 15.6. The number of aromatic hydroxyl groups is 2. The van der Waals surface area contributed by atoms with Gasteiger partial charge in [-0.25, -0.2) is 9.55 Å². The zero-order valence-electron chi connectivity index (χ0n) is 20.8. The molecule has 3 aromatic heterocycles. The summed E-state index contributed by atoms with van der Waals surface area (Å²) in [6, 6.07) is 15.3. The Kier molecular flexibility index (Phi) is 4.57. The molecular weight excluding hydrogens is 484 g/mol.